The third kappa shape index (κ3) is 5.41. The van der Waals surface area contributed by atoms with E-state index in [1.165, 1.54) is 6.42 Å². The average molecular weight is 251 g/mol. The number of rotatable bonds is 9. The molecule has 0 radical (unpaired) electrons. The molecule has 18 heavy (non-hydrogen) atoms. The summed E-state index contributed by atoms with van der Waals surface area (Å²) in [6.45, 7) is 8.66. The monoisotopic (exact) mass is 251 g/mol. The van der Waals surface area contributed by atoms with E-state index in [-0.39, 0.29) is 0 Å². The van der Waals surface area contributed by atoms with E-state index in [0.29, 0.717) is 19.3 Å². The van der Waals surface area contributed by atoms with E-state index >= 15 is 0 Å². The van der Waals surface area contributed by atoms with Crippen LogP contribution in [0.5, 0.6) is 11.5 Å². The summed E-state index contributed by atoms with van der Waals surface area (Å²) in [5.41, 5.74) is 0. The standard InChI is InChI=1S/C15H25NO2/c1-4-8-13(16-5-2)12-18-15-10-7-9-14(11-15)17-6-3/h7,9-11,13,16H,4-6,8,12H2,1-3H3. The molecule has 0 saturated carbocycles. The van der Waals surface area contributed by atoms with E-state index < -0.39 is 0 Å². The van der Waals surface area contributed by atoms with Crippen LogP contribution < -0.4 is 14.8 Å². The zero-order valence-corrected chi connectivity index (χ0v) is 11.7. The van der Waals surface area contributed by atoms with Gasteiger partial charge in [0.05, 0.1) is 6.61 Å². The lowest BCUT2D eigenvalue weighted by Gasteiger charge is -2.18. The number of nitrogens with one attached hydrogen (secondary N) is 1. The average Bonchev–Trinajstić information content (AvgIpc) is 2.37. The van der Waals surface area contributed by atoms with Crippen molar-refractivity contribution in [3.05, 3.63) is 24.3 Å². The summed E-state index contributed by atoms with van der Waals surface area (Å²) in [6.07, 6.45) is 2.30. The second kappa shape index (κ2) is 8.81. The predicted octanol–water partition coefficient (Wildman–Crippen LogP) is 3.24. The van der Waals surface area contributed by atoms with Gasteiger partial charge in [0.1, 0.15) is 18.1 Å². The Kier molecular flexibility index (Phi) is 7.26. The van der Waals surface area contributed by atoms with Crippen molar-refractivity contribution in [1.82, 2.24) is 5.32 Å². The normalized spacial score (nSPS) is 12.2. The molecular formula is C15H25NO2. The summed E-state index contributed by atoms with van der Waals surface area (Å²) in [5.74, 6) is 1.74. The maximum absolute atomic E-state index is 5.82. The summed E-state index contributed by atoms with van der Waals surface area (Å²) in [4.78, 5) is 0. The highest BCUT2D eigenvalue weighted by molar-refractivity contribution is 5.32. The molecule has 1 rings (SSSR count). The Morgan fingerprint density at radius 3 is 2.44 bits per heavy atom. The highest BCUT2D eigenvalue weighted by Crippen LogP contribution is 2.19. The van der Waals surface area contributed by atoms with E-state index in [1.54, 1.807) is 0 Å². The Morgan fingerprint density at radius 2 is 1.83 bits per heavy atom. The van der Waals surface area contributed by atoms with Crippen molar-refractivity contribution in [1.29, 1.82) is 0 Å². The summed E-state index contributed by atoms with van der Waals surface area (Å²) in [7, 11) is 0. The topological polar surface area (TPSA) is 30.5 Å². The minimum Gasteiger partial charge on any atom is -0.494 e. The van der Waals surface area contributed by atoms with Gasteiger partial charge in [-0.2, -0.15) is 0 Å². The van der Waals surface area contributed by atoms with Crippen LogP contribution in [0.2, 0.25) is 0 Å². The largest absolute Gasteiger partial charge is 0.494 e. The molecule has 0 aromatic heterocycles. The van der Waals surface area contributed by atoms with E-state index in [1.807, 2.05) is 31.2 Å². The Bertz CT molecular complexity index is 322. The molecule has 0 aliphatic rings. The van der Waals surface area contributed by atoms with Crippen molar-refractivity contribution in [2.45, 2.75) is 39.7 Å². The molecular weight excluding hydrogens is 226 g/mol. The molecule has 0 spiro atoms. The molecule has 1 aromatic rings. The number of hydrogen-bond donors (Lipinski definition) is 1. The molecule has 0 saturated heterocycles. The molecule has 0 aliphatic heterocycles. The van der Waals surface area contributed by atoms with Gasteiger partial charge in [0.2, 0.25) is 0 Å². The molecule has 1 unspecified atom stereocenters. The fraction of sp³-hybridized carbons (Fsp3) is 0.600. The number of likely N-dealkylation sites (N-methyl/N-ethyl adjacent to an activating group) is 1. The van der Waals surface area contributed by atoms with E-state index in [2.05, 4.69) is 19.2 Å². The summed E-state index contributed by atoms with van der Waals surface area (Å²) < 4.78 is 11.3. The van der Waals surface area contributed by atoms with Crippen molar-refractivity contribution in [3.63, 3.8) is 0 Å². The minimum atomic E-state index is 0.427. The van der Waals surface area contributed by atoms with Gasteiger partial charge in [-0.15, -0.1) is 0 Å². The zero-order valence-electron chi connectivity index (χ0n) is 11.7. The second-order valence-electron chi connectivity index (χ2n) is 4.26. The maximum atomic E-state index is 5.82. The van der Waals surface area contributed by atoms with Crippen molar-refractivity contribution >= 4 is 0 Å². The van der Waals surface area contributed by atoms with Gasteiger partial charge in [-0.3, -0.25) is 0 Å². The lowest BCUT2D eigenvalue weighted by atomic mass is 10.2. The number of benzene rings is 1. The third-order valence-electron chi connectivity index (χ3n) is 2.70. The van der Waals surface area contributed by atoms with Crippen molar-refractivity contribution in [3.8, 4) is 11.5 Å². The first-order valence-corrected chi connectivity index (χ1v) is 6.89. The van der Waals surface area contributed by atoms with E-state index in [9.17, 15) is 0 Å². The second-order valence-corrected chi connectivity index (χ2v) is 4.26. The molecule has 0 aliphatic carbocycles. The summed E-state index contributed by atoms with van der Waals surface area (Å²) in [5, 5.41) is 3.44. The van der Waals surface area contributed by atoms with Gasteiger partial charge in [-0.05, 0) is 32.0 Å². The first kappa shape index (κ1) is 14.8. The lowest BCUT2D eigenvalue weighted by Crippen LogP contribution is -2.34. The lowest BCUT2D eigenvalue weighted by molar-refractivity contribution is 0.255. The van der Waals surface area contributed by atoms with Gasteiger partial charge in [-0.25, -0.2) is 0 Å². The smallest absolute Gasteiger partial charge is 0.123 e. The van der Waals surface area contributed by atoms with Crippen molar-refractivity contribution < 1.29 is 9.47 Å². The van der Waals surface area contributed by atoms with Gasteiger partial charge in [0.15, 0.2) is 0 Å². The van der Waals surface area contributed by atoms with Crippen LogP contribution in [-0.2, 0) is 0 Å². The van der Waals surface area contributed by atoms with Crippen LogP contribution in [0.15, 0.2) is 24.3 Å². The van der Waals surface area contributed by atoms with Crippen molar-refractivity contribution in [2.75, 3.05) is 19.8 Å². The molecule has 3 heteroatoms. The molecule has 0 bridgehead atoms. The number of hydrogen-bond acceptors (Lipinski definition) is 3. The first-order chi connectivity index (χ1) is 8.80. The van der Waals surface area contributed by atoms with Crippen LogP contribution in [-0.4, -0.2) is 25.8 Å². The van der Waals surface area contributed by atoms with Crippen LogP contribution in [0.4, 0.5) is 0 Å². The van der Waals surface area contributed by atoms with E-state index in [4.69, 9.17) is 9.47 Å². The highest BCUT2D eigenvalue weighted by atomic mass is 16.5. The van der Waals surface area contributed by atoms with E-state index in [0.717, 1.165) is 24.5 Å². The molecule has 102 valence electrons. The SMILES string of the molecule is CCCC(COc1cccc(OCC)c1)NCC. The maximum Gasteiger partial charge on any atom is 0.123 e. The zero-order chi connectivity index (χ0) is 13.2. The fourth-order valence-electron chi connectivity index (χ4n) is 1.90. The number of ether oxygens (including phenoxy) is 2. The van der Waals surface area contributed by atoms with Crippen LogP contribution in [0.3, 0.4) is 0 Å². The van der Waals surface area contributed by atoms with Gasteiger partial charge < -0.3 is 14.8 Å². The molecule has 1 aromatic carbocycles. The van der Waals surface area contributed by atoms with Crippen LogP contribution in [0, 0.1) is 0 Å². The summed E-state index contributed by atoms with van der Waals surface area (Å²) in [6, 6.07) is 8.25. The van der Waals surface area contributed by atoms with Gasteiger partial charge in [0, 0.05) is 12.1 Å². The quantitative estimate of drug-likeness (QED) is 0.731. The van der Waals surface area contributed by atoms with Crippen LogP contribution in [0.1, 0.15) is 33.6 Å². The Labute approximate surface area is 110 Å². The molecule has 1 N–H and O–H groups in total. The Balaban J connectivity index is 2.47. The Hall–Kier alpha value is -1.22. The predicted molar refractivity (Wildman–Crippen MR) is 75.5 cm³/mol. The van der Waals surface area contributed by atoms with Crippen molar-refractivity contribution in [2.24, 2.45) is 0 Å². The van der Waals surface area contributed by atoms with Crippen LogP contribution in [0.25, 0.3) is 0 Å². The molecule has 0 fully saturated rings. The third-order valence-corrected chi connectivity index (χ3v) is 2.70. The molecule has 0 heterocycles. The minimum absolute atomic E-state index is 0.427. The van der Waals surface area contributed by atoms with Gasteiger partial charge in [-0.1, -0.05) is 26.3 Å². The summed E-state index contributed by atoms with van der Waals surface area (Å²) >= 11 is 0. The van der Waals surface area contributed by atoms with Crippen LogP contribution >= 0.6 is 0 Å². The Morgan fingerprint density at radius 1 is 1.11 bits per heavy atom. The van der Waals surface area contributed by atoms with Gasteiger partial charge in [0.25, 0.3) is 0 Å². The highest BCUT2D eigenvalue weighted by Gasteiger charge is 2.07. The molecule has 1 atom stereocenters. The first-order valence-electron chi connectivity index (χ1n) is 6.89. The fourth-order valence-corrected chi connectivity index (χ4v) is 1.90. The van der Waals surface area contributed by atoms with Gasteiger partial charge >= 0.3 is 0 Å². The molecule has 3 nitrogen and oxygen atoms in total. The molecule has 0 amide bonds.